The van der Waals surface area contributed by atoms with Gasteiger partial charge in [-0.1, -0.05) is 84.9 Å². The minimum Gasteiger partial charge on any atom is -0.0616 e. The Bertz CT molecular complexity index is 1230. The van der Waals surface area contributed by atoms with Crippen LogP contribution in [-0.4, -0.2) is 0 Å². The van der Waals surface area contributed by atoms with Crippen LogP contribution in [-0.2, 0) is 0 Å². The lowest BCUT2D eigenvalue weighted by atomic mass is 9.86. The van der Waals surface area contributed by atoms with Gasteiger partial charge in [-0.3, -0.25) is 0 Å². The smallest absolute Gasteiger partial charge is 0.00204 e. The molecule has 0 N–H and O–H groups in total. The van der Waals surface area contributed by atoms with Crippen LogP contribution in [0.5, 0.6) is 0 Å². The molecule has 0 heterocycles. The molecule has 0 aliphatic carbocycles. The van der Waals surface area contributed by atoms with Crippen molar-refractivity contribution in [3.63, 3.8) is 0 Å². The van der Waals surface area contributed by atoms with Crippen molar-refractivity contribution in [1.82, 2.24) is 0 Å². The van der Waals surface area contributed by atoms with Gasteiger partial charge in [-0.05, 0) is 68.4 Å². The van der Waals surface area contributed by atoms with Crippen molar-refractivity contribution in [2.45, 2.75) is 13.8 Å². The maximum Gasteiger partial charge on any atom is -0.00204 e. The van der Waals surface area contributed by atoms with Crippen molar-refractivity contribution in [2.24, 2.45) is 0 Å². The summed E-state index contributed by atoms with van der Waals surface area (Å²) in [5.41, 5.74) is 5.35. The largest absolute Gasteiger partial charge is 0.0616 e. The second-order valence-electron chi connectivity index (χ2n) is 7.07. The molecule has 26 heavy (non-hydrogen) atoms. The van der Waals surface area contributed by atoms with Gasteiger partial charge in [-0.25, -0.2) is 0 Å². The summed E-state index contributed by atoms with van der Waals surface area (Å²) < 4.78 is 0. The second kappa shape index (κ2) is 5.71. The Balaban J connectivity index is 2.06. The Kier molecular flexibility index (Phi) is 3.33. The van der Waals surface area contributed by atoms with Gasteiger partial charge in [0, 0.05) is 0 Å². The summed E-state index contributed by atoms with van der Waals surface area (Å²) in [4.78, 5) is 0. The standard InChI is InChI=1S/C26H20/c1-17-15-16-25(22-12-6-3-9-19(17)22)26-23-13-7-4-10-20(23)18(2)21-11-5-8-14-24(21)26/h3-16H,1-2H3. The molecule has 0 saturated heterocycles. The fourth-order valence-electron chi connectivity index (χ4n) is 4.30. The summed E-state index contributed by atoms with van der Waals surface area (Å²) >= 11 is 0. The molecule has 0 aliphatic heterocycles. The molecule has 5 aromatic rings. The molecule has 0 amide bonds. The molecule has 0 fully saturated rings. The first-order valence-electron chi connectivity index (χ1n) is 9.14. The van der Waals surface area contributed by atoms with E-state index in [1.807, 2.05) is 0 Å². The zero-order valence-electron chi connectivity index (χ0n) is 15.1. The maximum atomic E-state index is 2.29. The minimum absolute atomic E-state index is 1.32. The molecular formula is C26H20. The van der Waals surface area contributed by atoms with Crippen molar-refractivity contribution in [3.05, 3.63) is 96.1 Å². The number of hydrogen-bond donors (Lipinski definition) is 0. The van der Waals surface area contributed by atoms with E-state index in [0.717, 1.165) is 0 Å². The van der Waals surface area contributed by atoms with Gasteiger partial charge in [-0.2, -0.15) is 0 Å². The number of rotatable bonds is 1. The molecule has 0 radical (unpaired) electrons. The molecule has 0 saturated carbocycles. The first-order chi connectivity index (χ1) is 12.8. The third kappa shape index (κ3) is 2.09. The molecule has 0 aliphatic rings. The van der Waals surface area contributed by atoms with Gasteiger partial charge in [0.2, 0.25) is 0 Å². The molecule has 0 aromatic heterocycles. The lowest BCUT2D eigenvalue weighted by Crippen LogP contribution is -1.91. The molecule has 0 heteroatoms. The van der Waals surface area contributed by atoms with Crippen LogP contribution < -0.4 is 0 Å². The van der Waals surface area contributed by atoms with Gasteiger partial charge in [0.1, 0.15) is 0 Å². The summed E-state index contributed by atoms with van der Waals surface area (Å²) in [5.74, 6) is 0. The monoisotopic (exact) mass is 332 g/mol. The SMILES string of the molecule is Cc1ccc(-c2c3ccccc3c(C)c3ccccc23)c2ccccc12. The Labute approximate surface area is 153 Å². The lowest BCUT2D eigenvalue weighted by molar-refractivity contribution is 1.53. The van der Waals surface area contributed by atoms with Gasteiger partial charge in [0.25, 0.3) is 0 Å². The highest BCUT2D eigenvalue weighted by atomic mass is 14.2. The fraction of sp³-hybridized carbons (Fsp3) is 0.0769. The fourth-order valence-corrected chi connectivity index (χ4v) is 4.30. The average Bonchev–Trinajstić information content (AvgIpc) is 2.70. The number of hydrogen-bond acceptors (Lipinski definition) is 0. The van der Waals surface area contributed by atoms with Gasteiger partial charge in [0.05, 0.1) is 0 Å². The van der Waals surface area contributed by atoms with Crippen molar-refractivity contribution < 1.29 is 0 Å². The van der Waals surface area contributed by atoms with E-state index in [1.165, 1.54) is 54.6 Å². The van der Waals surface area contributed by atoms with E-state index in [4.69, 9.17) is 0 Å². The number of benzene rings is 5. The van der Waals surface area contributed by atoms with Gasteiger partial charge < -0.3 is 0 Å². The average molecular weight is 332 g/mol. The summed E-state index contributed by atoms with van der Waals surface area (Å²) in [6.45, 7) is 4.43. The van der Waals surface area contributed by atoms with E-state index in [9.17, 15) is 0 Å². The van der Waals surface area contributed by atoms with E-state index in [-0.39, 0.29) is 0 Å². The highest BCUT2D eigenvalue weighted by molar-refractivity contribution is 6.18. The predicted octanol–water partition coefficient (Wildman–Crippen LogP) is 7.43. The van der Waals surface area contributed by atoms with E-state index in [0.29, 0.717) is 0 Å². The normalized spacial score (nSPS) is 11.5. The zero-order chi connectivity index (χ0) is 17.7. The van der Waals surface area contributed by atoms with Crippen LogP contribution in [0.1, 0.15) is 11.1 Å². The highest BCUT2D eigenvalue weighted by Gasteiger charge is 2.15. The van der Waals surface area contributed by atoms with Gasteiger partial charge in [0.15, 0.2) is 0 Å². The van der Waals surface area contributed by atoms with Crippen LogP contribution in [0.15, 0.2) is 84.9 Å². The molecular weight excluding hydrogens is 312 g/mol. The summed E-state index contributed by atoms with van der Waals surface area (Å²) in [7, 11) is 0. The molecule has 5 aromatic carbocycles. The molecule has 5 rings (SSSR count). The molecule has 0 spiro atoms. The Morgan fingerprint density at radius 1 is 0.423 bits per heavy atom. The highest BCUT2D eigenvalue weighted by Crippen LogP contribution is 2.41. The van der Waals surface area contributed by atoms with E-state index >= 15 is 0 Å². The van der Waals surface area contributed by atoms with Crippen LogP contribution in [0.4, 0.5) is 0 Å². The van der Waals surface area contributed by atoms with E-state index < -0.39 is 0 Å². The predicted molar refractivity (Wildman–Crippen MR) is 114 cm³/mol. The number of fused-ring (bicyclic) bond motifs is 3. The zero-order valence-corrected chi connectivity index (χ0v) is 15.1. The van der Waals surface area contributed by atoms with Crippen molar-refractivity contribution in [3.8, 4) is 11.1 Å². The summed E-state index contributed by atoms with van der Waals surface area (Å²) in [6.07, 6.45) is 0. The van der Waals surface area contributed by atoms with Gasteiger partial charge >= 0.3 is 0 Å². The van der Waals surface area contributed by atoms with Crippen molar-refractivity contribution in [1.29, 1.82) is 0 Å². The third-order valence-electron chi connectivity index (χ3n) is 5.61. The van der Waals surface area contributed by atoms with Crippen molar-refractivity contribution in [2.75, 3.05) is 0 Å². The first kappa shape index (κ1) is 15.2. The van der Waals surface area contributed by atoms with Crippen LogP contribution in [0.25, 0.3) is 43.4 Å². The third-order valence-corrected chi connectivity index (χ3v) is 5.61. The molecule has 0 atom stereocenters. The van der Waals surface area contributed by atoms with Crippen molar-refractivity contribution >= 4 is 32.3 Å². The molecule has 0 nitrogen and oxygen atoms in total. The topological polar surface area (TPSA) is 0 Å². The maximum absolute atomic E-state index is 2.29. The first-order valence-corrected chi connectivity index (χ1v) is 9.14. The molecule has 124 valence electrons. The molecule has 0 unspecified atom stereocenters. The van der Waals surface area contributed by atoms with Crippen LogP contribution in [0.3, 0.4) is 0 Å². The van der Waals surface area contributed by atoms with E-state index in [1.54, 1.807) is 0 Å². The Hall–Kier alpha value is -3.12. The number of aryl methyl sites for hydroxylation is 2. The lowest BCUT2D eigenvalue weighted by Gasteiger charge is -2.17. The second-order valence-corrected chi connectivity index (χ2v) is 7.07. The van der Waals surface area contributed by atoms with E-state index in [2.05, 4.69) is 98.8 Å². The quantitative estimate of drug-likeness (QED) is 0.280. The van der Waals surface area contributed by atoms with Crippen LogP contribution >= 0.6 is 0 Å². The summed E-state index contributed by atoms with van der Waals surface area (Å²) in [6, 6.07) is 30.9. The van der Waals surface area contributed by atoms with Gasteiger partial charge in [-0.15, -0.1) is 0 Å². The van der Waals surface area contributed by atoms with Crippen LogP contribution in [0.2, 0.25) is 0 Å². The van der Waals surface area contributed by atoms with Crippen LogP contribution in [0, 0.1) is 13.8 Å². The molecule has 0 bridgehead atoms. The summed E-state index contributed by atoms with van der Waals surface area (Å²) in [5, 5.41) is 8.00. The Morgan fingerprint density at radius 3 is 1.46 bits per heavy atom. The minimum atomic E-state index is 1.32. The Morgan fingerprint density at radius 2 is 0.885 bits per heavy atom.